The van der Waals surface area contributed by atoms with E-state index in [0.29, 0.717) is 10.6 Å². The van der Waals surface area contributed by atoms with Crippen LogP contribution in [-0.4, -0.2) is 40.3 Å². The zero-order valence-electron chi connectivity index (χ0n) is 13.6. The van der Waals surface area contributed by atoms with E-state index in [-0.39, 0.29) is 11.1 Å². The fraction of sp³-hybridized carbons (Fsp3) is 0.118. The fourth-order valence-electron chi connectivity index (χ4n) is 2.63. The number of fused-ring (bicyclic) bond motifs is 1. The maximum absolute atomic E-state index is 12.4. The van der Waals surface area contributed by atoms with E-state index < -0.39 is 34.9 Å². The molecule has 0 spiro atoms. The number of nitrogens with one attached hydrogen (secondary N) is 1. The average molecular weight is 371 g/mol. The number of nitro groups is 1. The third-order valence-corrected chi connectivity index (χ3v) is 4.59. The van der Waals surface area contributed by atoms with Gasteiger partial charge in [-0.05, 0) is 36.6 Å². The van der Waals surface area contributed by atoms with Crippen molar-refractivity contribution in [1.29, 1.82) is 0 Å². The number of rotatable bonds is 5. The van der Waals surface area contributed by atoms with Crippen LogP contribution in [0.1, 0.15) is 20.7 Å². The number of carbonyl (C=O) groups excluding carboxylic acids is 3. The van der Waals surface area contributed by atoms with Crippen LogP contribution < -0.4 is 5.32 Å². The molecule has 0 atom stereocenters. The van der Waals surface area contributed by atoms with Crippen molar-refractivity contribution in [3.63, 3.8) is 0 Å². The molecule has 0 fully saturated rings. The Morgan fingerprint density at radius 3 is 2.46 bits per heavy atom. The number of carbonyl (C=O) groups is 3. The summed E-state index contributed by atoms with van der Waals surface area (Å²) in [6.45, 7) is -0.520. The molecule has 1 aliphatic rings. The van der Waals surface area contributed by atoms with Crippen molar-refractivity contribution < 1.29 is 19.3 Å². The quantitative estimate of drug-likeness (QED) is 0.374. The topological polar surface area (TPSA) is 110 Å². The minimum atomic E-state index is -0.842. The molecule has 8 nitrogen and oxygen atoms in total. The summed E-state index contributed by atoms with van der Waals surface area (Å²) in [6.07, 6.45) is 1.93. The molecule has 2 aromatic rings. The van der Waals surface area contributed by atoms with Crippen molar-refractivity contribution >= 4 is 40.9 Å². The molecule has 0 saturated heterocycles. The molecule has 0 saturated carbocycles. The first-order valence-corrected chi connectivity index (χ1v) is 8.72. The summed E-state index contributed by atoms with van der Waals surface area (Å²) in [7, 11) is 0. The number of nitrogens with zero attached hydrogens (tertiary/aromatic N) is 2. The summed E-state index contributed by atoms with van der Waals surface area (Å²) in [6, 6.07) is 10.9. The second kappa shape index (κ2) is 6.96. The number of nitro benzene ring substituents is 1. The van der Waals surface area contributed by atoms with Gasteiger partial charge in [0.05, 0.1) is 10.5 Å². The van der Waals surface area contributed by atoms with Crippen LogP contribution in [0.4, 0.5) is 11.4 Å². The number of anilines is 1. The largest absolute Gasteiger partial charge is 0.325 e. The highest BCUT2D eigenvalue weighted by molar-refractivity contribution is 7.98. The SMILES string of the molecule is CSc1ccc(NC(=O)CN2C(=O)c3cccc([N+](=O)[O-])c3C2=O)cc1. The predicted molar refractivity (Wildman–Crippen MR) is 95.3 cm³/mol. The molecule has 0 unspecified atom stereocenters. The van der Waals surface area contributed by atoms with Crippen molar-refractivity contribution in [1.82, 2.24) is 4.90 Å². The van der Waals surface area contributed by atoms with E-state index in [1.807, 2.05) is 18.4 Å². The van der Waals surface area contributed by atoms with Crippen LogP contribution in [-0.2, 0) is 4.79 Å². The second-order valence-electron chi connectivity index (χ2n) is 5.43. The van der Waals surface area contributed by atoms with Crippen LogP contribution in [0.3, 0.4) is 0 Å². The van der Waals surface area contributed by atoms with Gasteiger partial charge < -0.3 is 5.32 Å². The van der Waals surface area contributed by atoms with Crippen LogP contribution in [0.25, 0.3) is 0 Å². The highest BCUT2D eigenvalue weighted by Gasteiger charge is 2.41. The van der Waals surface area contributed by atoms with E-state index in [4.69, 9.17) is 0 Å². The third kappa shape index (κ3) is 3.16. The van der Waals surface area contributed by atoms with Crippen LogP contribution in [0, 0.1) is 10.1 Å². The molecule has 0 bridgehead atoms. The van der Waals surface area contributed by atoms with Gasteiger partial charge in [0.15, 0.2) is 0 Å². The maximum Gasteiger partial charge on any atom is 0.282 e. The van der Waals surface area contributed by atoms with Gasteiger partial charge in [-0.25, -0.2) is 0 Å². The molecule has 1 N–H and O–H groups in total. The summed E-state index contributed by atoms with van der Waals surface area (Å²) in [5.41, 5.74) is -0.271. The summed E-state index contributed by atoms with van der Waals surface area (Å²) in [5, 5.41) is 13.7. The predicted octanol–water partition coefficient (Wildman–Crippen LogP) is 2.55. The van der Waals surface area contributed by atoms with Gasteiger partial charge in [0, 0.05) is 16.6 Å². The lowest BCUT2D eigenvalue weighted by Crippen LogP contribution is -2.37. The highest BCUT2D eigenvalue weighted by Crippen LogP contribution is 2.30. The van der Waals surface area contributed by atoms with Crippen LogP contribution >= 0.6 is 11.8 Å². The highest BCUT2D eigenvalue weighted by atomic mass is 32.2. The minimum Gasteiger partial charge on any atom is -0.325 e. The van der Waals surface area contributed by atoms with E-state index >= 15 is 0 Å². The van der Waals surface area contributed by atoms with Crippen molar-refractivity contribution in [3.05, 3.63) is 63.7 Å². The molecule has 0 aliphatic carbocycles. The minimum absolute atomic E-state index is 0.0682. The number of benzene rings is 2. The molecular formula is C17H13N3O5S. The zero-order valence-corrected chi connectivity index (χ0v) is 14.4. The molecule has 2 aromatic carbocycles. The van der Waals surface area contributed by atoms with Gasteiger partial charge in [0.2, 0.25) is 5.91 Å². The molecule has 0 aromatic heterocycles. The van der Waals surface area contributed by atoms with E-state index in [1.165, 1.54) is 12.1 Å². The van der Waals surface area contributed by atoms with Crippen molar-refractivity contribution in [2.75, 3.05) is 18.1 Å². The van der Waals surface area contributed by atoms with Crippen molar-refractivity contribution in [2.24, 2.45) is 0 Å². The smallest absolute Gasteiger partial charge is 0.282 e. The first-order valence-electron chi connectivity index (χ1n) is 7.50. The second-order valence-corrected chi connectivity index (χ2v) is 6.31. The van der Waals surface area contributed by atoms with Crippen LogP contribution in [0.5, 0.6) is 0 Å². The third-order valence-electron chi connectivity index (χ3n) is 3.85. The van der Waals surface area contributed by atoms with Gasteiger partial charge in [-0.1, -0.05) is 6.07 Å². The number of thioether (sulfide) groups is 1. The Hall–Kier alpha value is -3.20. The molecule has 132 valence electrons. The molecule has 1 heterocycles. The summed E-state index contributed by atoms with van der Waals surface area (Å²) in [4.78, 5) is 49.1. The summed E-state index contributed by atoms with van der Waals surface area (Å²) < 4.78 is 0. The van der Waals surface area contributed by atoms with E-state index in [9.17, 15) is 24.5 Å². The molecule has 1 aliphatic heterocycles. The van der Waals surface area contributed by atoms with Crippen molar-refractivity contribution in [2.45, 2.75) is 4.90 Å². The lowest BCUT2D eigenvalue weighted by atomic mass is 10.1. The maximum atomic E-state index is 12.4. The fourth-order valence-corrected chi connectivity index (χ4v) is 3.04. The van der Waals surface area contributed by atoms with E-state index in [2.05, 4.69) is 5.32 Å². The first kappa shape index (κ1) is 17.6. The Morgan fingerprint density at radius 2 is 1.85 bits per heavy atom. The summed E-state index contributed by atoms with van der Waals surface area (Å²) in [5.74, 6) is -2.13. The molecule has 3 rings (SSSR count). The lowest BCUT2D eigenvalue weighted by Gasteiger charge is -2.13. The standard InChI is InChI=1S/C17H13N3O5S/c1-26-11-7-5-10(6-8-11)18-14(21)9-19-16(22)12-3-2-4-13(20(24)25)15(12)17(19)23/h2-8H,9H2,1H3,(H,18,21). The first-order chi connectivity index (χ1) is 12.4. The zero-order chi connectivity index (χ0) is 18.8. The van der Waals surface area contributed by atoms with Gasteiger partial charge in [-0.2, -0.15) is 0 Å². The van der Waals surface area contributed by atoms with Gasteiger partial charge in [-0.3, -0.25) is 29.4 Å². The van der Waals surface area contributed by atoms with Gasteiger partial charge in [-0.15, -0.1) is 11.8 Å². The summed E-state index contributed by atoms with van der Waals surface area (Å²) >= 11 is 1.55. The Labute approximate surface area is 152 Å². The average Bonchev–Trinajstić information content (AvgIpc) is 2.87. The number of hydrogen-bond acceptors (Lipinski definition) is 6. The molecular weight excluding hydrogens is 358 g/mol. The molecule has 0 radical (unpaired) electrons. The van der Waals surface area contributed by atoms with Crippen LogP contribution in [0.2, 0.25) is 0 Å². The number of imide groups is 1. The number of hydrogen-bond donors (Lipinski definition) is 1. The van der Waals surface area contributed by atoms with Crippen molar-refractivity contribution in [3.8, 4) is 0 Å². The van der Waals surface area contributed by atoms with Gasteiger partial charge >= 0.3 is 0 Å². The van der Waals surface area contributed by atoms with Gasteiger partial charge in [0.25, 0.3) is 17.5 Å². The van der Waals surface area contributed by atoms with E-state index in [1.54, 1.807) is 23.9 Å². The Morgan fingerprint density at radius 1 is 1.15 bits per heavy atom. The van der Waals surface area contributed by atoms with E-state index in [0.717, 1.165) is 11.0 Å². The molecule has 3 amide bonds. The molecule has 26 heavy (non-hydrogen) atoms. The van der Waals surface area contributed by atoms with Crippen LogP contribution in [0.15, 0.2) is 47.4 Å². The monoisotopic (exact) mass is 371 g/mol. The number of amides is 3. The Kier molecular flexibility index (Phi) is 4.72. The normalized spacial score (nSPS) is 12.9. The Balaban J connectivity index is 1.77. The Bertz CT molecular complexity index is 926. The lowest BCUT2D eigenvalue weighted by molar-refractivity contribution is -0.385. The molecule has 9 heteroatoms. The van der Waals surface area contributed by atoms with Gasteiger partial charge in [0.1, 0.15) is 12.1 Å².